The molecule has 0 aliphatic rings. The van der Waals surface area contributed by atoms with E-state index in [9.17, 15) is 9.59 Å². The van der Waals surface area contributed by atoms with Crippen LogP contribution in [0, 0.1) is 0 Å². The quantitative estimate of drug-likeness (QED) is 0.528. The fourth-order valence-corrected chi connectivity index (χ4v) is 2.56. The number of hydrogen-bond acceptors (Lipinski definition) is 4. The summed E-state index contributed by atoms with van der Waals surface area (Å²) in [6.07, 6.45) is 1.71. The lowest BCUT2D eigenvalue weighted by molar-refractivity contribution is 0.610. The Morgan fingerprint density at radius 1 is 1.05 bits per heavy atom. The van der Waals surface area contributed by atoms with Crippen LogP contribution in [-0.4, -0.2) is 18.5 Å². The summed E-state index contributed by atoms with van der Waals surface area (Å²) in [6, 6.07) is 9.55. The van der Waals surface area contributed by atoms with Crippen molar-refractivity contribution >= 4 is 17.0 Å². The average Bonchev–Trinajstić information content (AvgIpc) is 3.09. The number of imidazole rings is 1. The van der Waals surface area contributed by atoms with Crippen molar-refractivity contribution in [2.75, 3.05) is 0 Å². The highest BCUT2D eigenvalue weighted by molar-refractivity contribution is 5.76. The first-order valence-electron chi connectivity index (χ1n) is 6.71. The zero-order valence-corrected chi connectivity index (χ0v) is 12.0. The van der Waals surface area contributed by atoms with Gasteiger partial charge < -0.3 is 4.42 Å². The molecule has 0 aliphatic heterocycles. The molecular weight excluding hydrogens is 284 g/mol. The van der Waals surface area contributed by atoms with Crippen LogP contribution in [0.5, 0.6) is 0 Å². The van der Waals surface area contributed by atoms with Crippen LogP contribution in [0.2, 0.25) is 0 Å². The van der Waals surface area contributed by atoms with Gasteiger partial charge in [0.15, 0.2) is 16.9 Å². The molecule has 0 saturated heterocycles. The van der Waals surface area contributed by atoms with E-state index in [1.165, 1.54) is 11.6 Å². The Balaban J connectivity index is 2.12. The van der Waals surface area contributed by atoms with Crippen LogP contribution in [0.3, 0.4) is 0 Å². The van der Waals surface area contributed by atoms with E-state index in [2.05, 4.69) is 4.98 Å². The summed E-state index contributed by atoms with van der Waals surface area (Å²) in [4.78, 5) is 28.6. The average molecular weight is 296 g/mol. The van der Waals surface area contributed by atoms with Crippen LogP contribution in [0.4, 0.5) is 0 Å². The van der Waals surface area contributed by atoms with Crippen molar-refractivity contribution in [3.05, 3.63) is 57.4 Å². The maximum Gasteiger partial charge on any atom is 0.332 e. The molecule has 4 aromatic rings. The third-order valence-electron chi connectivity index (χ3n) is 3.77. The molecule has 0 saturated carbocycles. The van der Waals surface area contributed by atoms with Gasteiger partial charge >= 0.3 is 11.5 Å². The van der Waals surface area contributed by atoms with Gasteiger partial charge in [-0.2, -0.15) is 4.98 Å². The van der Waals surface area contributed by atoms with Gasteiger partial charge in [-0.15, -0.1) is 0 Å². The molecule has 0 fully saturated rings. The summed E-state index contributed by atoms with van der Waals surface area (Å²) in [5.41, 5.74) is 0.715. The first-order valence-corrected chi connectivity index (χ1v) is 6.71. The van der Waals surface area contributed by atoms with Crippen molar-refractivity contribution in [1.82, 2.24) is 18.5 Å². The molecular formula is C15H12N4O3. The molecule has 0 N–H and O–H groups in total. The number of fused-ring (bicyclic) bond motifs is 3. The van der Waals surface area contributed by atoms with Gasteiger partial charge in [-0.25, -0.2) is 4.79 Å². The number of hydrogen-bond donors (Lipinski definition) is 0. The molecule has 0 unspecified atom stereocenters. The van der Waals surface area contributed by atoms with Crippen LogP contribution in [0.1, 0.15) is 0 Å². The maximum absolute atomic E-state index is 12.4. The Hall–Kier alpha value is -3.09. The molecule has 0 aliphatic carbocycles. The Kier molecular flexibility index (Phi) is 2.41. The second kappa shape index (κ2) is 4.20. The zero-order valence-electron chi connectivity index (χ0n) is 12.0. The number of benzene rings is 1. The van der Waals surface area contributed by atoms with Gasteiger partial charge in [0.25, 0.3) is 5.56 Å². The highest BCUT2D eigenvalue weighted by Crippen LogP contribution is 2.24. The lowest BCUT2D eigenvalue weighted by Crippen LogP contribution is -2.37. The molecule has 0 radical (unpaired) electrons. The molecule has 0 atom stereocenters. The van der Waals surface area contributed by atoms with E-state index in [-0.39, 0.29) is 5.84 Å². The predicted octanol–water partition coefficient (Wildman–Crippen LogP) is 1.14. The van der Waals surface area contributed by atoms with Crippen molar-refractivity contribution in [2.24, 2.45) is 14.1 Å². The molecule has 1 aromatic carbocycles. The zero-order chi connectivity index (χ0) is 15.4. The second-order valence-electron chi connectivity index (χ2n) is 5.10. The SMILES string of the molecule is Cn1c(=O)c2c(nc3oc(-c4ccccc4)cn32)n(C)c1=O. The van der Waals surface area contributed by atoms with E-state index in [4.69, 9.17) is 4.42 Å². The molecule has 3 aromatic heterocycles. The maximum atomic E-state index is 12.4. The summed E-state index contributed by atoms with van der Waals surface area (Å²) in [5.74, 6) is 0.896. The van der Waals surface area contributed by atoms with Crippen LogP contribution >= 0.6 is 0 Å². The minimum atomic E-state index is -0.415. The van der Waals surface area contributed by atoms with Gasteiger partial charge in [-0.05, 0) is 0 Å². The highest BCUT2D eigenvalue weighted by atomic mass is 16.4. The van der Waals surface area contributed by atoms with Crippen molar-refractivity contribution in [2.45, 2.75) is 0 Å². The van der Waals surface area contributed by atoms with Crippen molar-refractivity contribution in [1.29, 1.82) is 0 Å². The summed E-state index contributed by atoms with van der Waals surface area (Å²) >= 11 is 0. The Labute approximate surface area is 123 Å². The normalized spacial score (nSPS) is 11.5. The molecule has 110 valence electrons. The Bertz CT molecular complexity index is 1130. The highest BCUT2D eigenvalue weighted by Gasteiger charge is 2.18. The first kappa shape index (κ1) is 12.6. The van der Waals surface area contributed by atoms with E-state index in [0.717, 1.165) is 10.1 Å². The van der Waals surface area contributed by atoms with E-state index >= 15 is 0 Å². The molecule has 7 nitrogen and oxygen atoms in total. The predicted molar refractivity (Wildman–Crippen MR) is 80.9 cm³/mol. The summed E-state index contributed by atoms with van der Waals surface area (Å²) in [6.45, 7) is 0. The lowest BCUT2D eigenvalue weighted by Gasteiger charge is -2.01. The van der Waals surface area contributed by atoms with Crippen LogP contribution in [-0.2, 0) is 14.1 Å². The first-order chi connectivity index (χ1) is 10.6. The molecule has 4 rings (SSSR count). The Morgan fingerprint density at radius 3 is 2.50 bits per heavy atom. The topological polar surface area (TPSA) is 74.4 Å². The molecule has 0 amide bonds. The van der Waals surface area contributed by atoms with E-state index < -0.39 is 11.2 Å². The lowest BCUT2D eigenvalue weighted by atomic mass is 10.2. The van der Waals surface area contributed by atoms with Gasteiger partial charge in [-0.1, -0.05) is 30.3 Å². The van der Waals surface area contributed by atoms with Gasteiger partial charge in [0.2, 0.25) is 0 Å². The molecule has 3 heterocycles. The second-order valence-corrected chi connectivity index (χ2v) is 5.10. The van der Waals surface area contributed by atoms with E-state index in [1.807, 2.05) is 30.3 Å². The fraction of sp³-hybridized carbons (Fsp3) is 0.133. The molecule has 0 spiro atoms. The summed E-state index contributed by atoms with van der Waals surface area (Å²) in [5, 5.41) is 0. The standard InChI is InChI=1S/C15H12N4O3/c1-17-12-11(13(20)18(2)15(17)21)19-8-10(22-14(19)16-12)9-6-4-3-5-7-9/h3-8H,1-2H3. The van der Waals surface area contributed by atoms with Gasteiger partial charge in [-0.3, -0.25) is 18.3 Å². The largest absolute Gasteiger partial charge is 0.423 e. The number of nitrogens with zero attached hydrogens (tertiary/aromatic N) is 4. The number of rotatable bonds is 1. The van der Waals surface area contributed by atoms with Crippen molar-refractivity contribution in [3.8, 4) is 11.3 Å². The van der Waals surface area contributed by atoms with Crippen LogP contribution < -0.4 is 11.2 Å². The van der Waals surface area contributed by atoms with Crippen LogP contribution in [0.15, 0.2) is 50.5 Å². The smallest absolute Gasteiger partial charge is 0.332 e. The third kappa shape index (κ3) is 1.53. The van der Waals surface area contributed by atoms with E-state index in [0.29, 0.717) is 16.9 Å². The number of aromatic nitrogens is 4. The van der Waals surface area contributed by atoms with Crippen LogP contribution in [0.25, 0.3) is 28.3 Å². The minimum Gasteiger partial charge on any atom is -0.423 e. The minimum absolute atomic E-state index is 0.284. The number of aryl methyl sites for hydroxylation is 1. The van der Waals surface area contributed by atoms with Crippen molar-refractivity contribution < 1.29 is 4.42 Å². The van der Waals surface area contributed by atoms with Gasteiger partial charge in [0, 0.05) is 19.7 Å². The fourth-order valence-electron chi connectivity index (χ4n) is 2.56. The molecule has 7 heteroatoms. The van der Waals surface area contributed by atoms with Gasteiger partial charge in [0.05, 0.1) is 6.20 Å². The third-order valence-corrected chi connectivity index (χ3v) is 3.77. The van der Waals surface area contributed by atoms with Crippen molar-refractivity contribution in [3.63, 3.8) is 0 Å². The summed E-state index contributed by atoms with van der Waals surface area (Å²) < 4.78 is 9.70. The number of oxazole rings is 1. The van der Waals surface area contributed by atoms with E-state index in [1.54, 1.807) is 17.6 Å². The Morgan fingerprint density at radius 2 is 1.77 bits per heavy atom. The monoisotopic (exact) mass is 296 g/mol. The van der Waals surface area contributed by atoms with Gasteiger partial charge in [0.1, 0.15) is 0 Å². The summed E-state index contributed by atoms with van der Waals surface area (Å²) in [7, 11) is 3.02. The molecule has 0 bridgehead atoms. The molecule has 22 heavy (non-hydrogen) atoms.